The topological polar surface area (TPSA) is 49.7 Å². The van der Waals surface area contributed by atoms with Gasteiger partial charge in [0.05, 0.1) is 23.6 Å². The first-order chi connectivity index (χ1) is 12.4. The van der Waals surface area contributed by atoms with E-state index < -0.39 is 9.84 Å². The van der Waals surface area contributed by atoms with Crippen molar-refractivity contribution in [3.8, 4) is 0 Å². The van der Waals surface area contributed by atoms with Gasteiger partial charge in [-0.2, -0.15) is 0 Å². The Bertz CT molecular complexity index is 944. The van der Waals surface area contributed by atoms with Crippen LogP contribution in [0.1, 0.15) is 5.56 Å². The summed E-state index contributed by atoms with van der Waals surface area (Å²) in [7, 11) is -3.05. The van der Waals surface area contributed by atoms with E-state index in [1.165, 1.54) is 11.8 Å². The van der Waals surface area contributed by atoms with Crippen LogP contribution in [0.3, 0.4) is 0 Å². The second-order valence-corrected chi connectivity index (χ2v) is 10.2. The van der Waals surface area contributed by atoms with Gasteiger partial charge < -0.3 is 4.90 Å². The normalized spacial score (nSPS) is 23.8. The molecule has 8 heteroatoms. The highest BCUT2D eigenvalue weighted by molar-refractivity contribution is 8.13. The maximum atomic E-state index is 12.1. The van der Waals surface area contributed by atoms with Gasteiger partial charge in [-0.25, -0.2) is 8.42 Å². The zero-order chi connectivity index (χ0) is 18.3. The largest absolute Gasteiger partial charge is 0.315 e. The van der Waals surface area contributed by atoms with Crippen molar-refractivity contribution in [1.29, 1.82) is 0 Å². The molecule has 2 unspecified atom stereocenters. The van der Waals surface area contributed by atoms with Gasteiger partial charge in [0.15, 0.2) is 15.0 Å². The molecule has 2 heterocycles. The summed E-state index contributed by atoms with van der Waals surface area (Å²) in [6.07, 6.45) is 0. The Morgan fingerprint density at radius 2 is 1.73 bits per heavy atom. The van der Waals surface area contributed by atoms with Crippen molar-refractivity contribution in [3.05, 3.63) is 64.1 Å². The molecule has 0 bridgehead atoms. The van der Waals surface area contributed by atoms with Crippen molar-refractivity contribution in [3.63, 3.8) is 0 Å². The first kappa shape index (κ1) is 18.2. The van der Waals surface area contributed by atoms with E-state index in [9.17, 15) is 8.42 Å². The van der Waals surface area contributed by atoms with Crippen LogP contribution in [0.5, 0.6) is 0 Å². The molecule has 1 saturated heterocycles. The van der Waals surface area contributed by atoms with Crippen molar-refractivity contribution in [2.75, 3.05) is 16.4 Å². The predicted octanol–water partition coefficient (Wildman–Crippen LogP) is 4.27. The number of rotatable bonds is 3. The molecule has 2 atom stereocenters. The highest BCUT2D eigenvalue weighted by Gasteiger charge is 2.47. The van der Waals surface area contributed by atoms with E-state index in [0.29, 0.717) is 15.8 Å². The summed E-state index contributed by atoms with van der Waals surface area (Å²) in [6, 6.07) is 14.9. The third-order valence-corrected chi connectivity index (χ3v) is 7.95. The highest BCUT2D eigenvalue weighted by Crippen LogP contribution is 2.37. The molecule has 0 aromatic heterocycles. The predicted molar refractivity (Wildman–Crippen MR) is 110 cm³/mol. The van der Waals surface area contributed by atoms with E-state index in [1.54, 1.807) is 0 Å². The van der Waals surface area contributed by atoms with Crippen LogP contribution in [-0.4, -0.2) is 37.2 Å². The fourth-order valence-corrected chi connectivity index (χ4v) is 7.04. The van der Waals surface area contributed by atoms with Crippen molar-refractivity contribution in [1.82, 2.24) is 0 Å². The molecule has 4 rings (SSSR count). The zero-order valence-corrected chi connectivity index (χ0v) is 16.8. The lowest BCUT2D eigenvalue weighted by Gasteiger charge is -2.26. The standard InChI is InChI=1S/C18H16Cl2N2O2S2/c19-14-7-4-8-15(20)13(14)9-25-18-21-16-10-26(23,24)11-17(16)22(18)12-5-2-1-3-6-12/h1-8,16-17H,9-11H2. The monoisotopic (exact) mass is 426 g/mol. The quantitative estimate of drug-likeness (QED) is 0.734. The minimum atomic E-state index is -3.05. The van der Waals surface area contributed by atoms with E-state index >= 15 is 0 Å². The van der Waals surface area contributed by atoms with Crippen molar-refractivity contribution >= 4 is 55.7 Å². The molecule has 2 aliphatic rings. The summed E-state index contributed by atoms with van der Waals surface area (Å²) in [5.41, 5.74) is 1.81. The molecule has 0 amide bonds. The second-order valence-electron chi connectivity index (χ2n) is 6.32. The number of fused-ring (bicyclic) bond motifs is 1. The molecule has 0 saturated carbocycles. The van der Waals surface area contributed by atoms with Gasteiger partial charge >= 0.3 is 0 Å². The lowest BCUT2D eigenvalue weighted by molar-refractivity contribution is 0.601. The van der Waals surface area contributed by atoms with Gasteiger partial charge in [-0.05, 0) is 29.8 Å². The number of nitrogens with zero attached hydrogens (tertiary/aromatic N) is 2. The molecule has 4 nitrogen and oxygen atoms in total. The molecule has 2 aromatic carbocycles. The van der Waals surface area contributed by atoms with Gasteiger partial charge in [-0.3, -0.25) is 4.99 Å². The number of halogens is 2. The van der Waals surface area contributed by atoms with Gasteiger partial charge in [0.1, 0.15) is 0 Å². The number of hydrogen-bond donors (Lipinski definition) is 0. The number of thioether (sulfide) groups is 1. The van der Waals surface area contributed by atoms with E-state index in [-0.39, 0.29) is 23.6 Å². The van der Waals surface area contributed by atoms with E-state index in [0.717, 1.165) is 16.4 Å². The Balaban J connectivity index is 1.63. The van der Waals surface area contributed by atoms with Crippen molar-refractivity contribution < 1.29 is 8.42 Å². The van der Waals surface area contributed by atoms with E-state index in [4.69, 9.17) is 28.2 Å². The minimum absolute atomic E-state index is 0.109. The summed E-state index contributed by atoms with van der Waals surface area (Å²) in [6.45, 7) is 0. The van der Waals surface area contributed by atoms with Crippen LogP contribution in [-0.2, 0) is 15.6 Å². The number of amidine groups is 1. The third kappa shape index (κ3) is 3.48. The van der Waals surface area contributed by atoms with Crippen LogP contribution >= 0.6 is 35.0 Å². The molecule has 136 valence electrons. The van der Waals surface area contributed by atoms with E-state index in [2.05, 4.69) is 0 Å². The molecular formula is C18H16Cl2N2O2S2. The van der Waals surface area contributed by atoms with Gasteiger partial charge in [-0.15, -0.1) is 0 Å². The molecule has 1 fully saturated rings. The first-order valence-corrected chi connectivity index (χ1v) is 11.7. The SMILES string of the molecule is O=S1(=O)CC2N=C(SCc3c(Cl)cccc3Cl)N(c3ccccc3)C2C1. The molecule has 2 aromatic rings. The minimum Gasteiger partial charge on any atom is -0.315 e. The third-order valence-electron chi connectivity index (χ3n) is 4.55. The molecule has 0 spiro atoms. The Morgan fingerprint density at radius 3 is 2.42 bits per heavy atom. The van der Waals surface area contributed by atoms with Crippen LogP contribution in [0.2, 0.25) is 10.0 Å². The molecule has 2 aliphatic heterocycles. The summed E-state index contributed by atoms with van der Waals surface area (Å²) >= 11 is 14.1. The summed E-state index contributed by atoms with van der Waals surface area (Å²) in [5.74, 6) is 0.817. The van der Waals surface area contributed by atoms with Gasteiger partial charge in [0.2, 0.25) is 0 Å². The fourth-order valence-electron chi connectivity index (χ4n) is 3.33. The molecule has 26 heavy (non-hydrogen) atoms. The zero-order valence-electron chi connectivity index (χ0n) is 13.7. The number of benzene rings is 2. The van der Waals surface area contributed by atoms with Crippen molar-refractivity contribution in [2.45, 2.75) is 17.8 Å². The van der Waals surface area contributed by atoms with E-state index in [1.807, 2.05) is 53.4 Å². The summed E-state index contributed by atoms with van der Waals surface area (Å²) in [5, 5.41) is 2.06. The highest BCUT2D eigenvalue weighted by atomic mass is 35.5. The van der Waals surface area contributed by atoms with Crippen molar-refractivity contribution in [2.24, 2.45) is 4.99 Å². The Hall–Kier alpha value is -1.21. The van der Waals surface area contributed by atoms with Crippen LogP contribution < -0.4 is 4.90 Å². The smallest absolute Gasteiger partial charge is 0.164 e. The number of anilines is 1. The number of aliphatic imine (C=N–C) groups is 1. The maximum Gasteiger partial charge on any atom is 0.164 e. The number of hydrogen-bond acceptors (Lipinski definition) is 5. The average Bonchev–Trinajstić information content (AvgIpc) is 3.06. The summed E-state index contributed by atoms with van der Waals surface area (Å²) < 4.78 is 24.1. The van der Waals surface area contributed by atoms with Crippen LogP contribution in [0.25, 0.3) is 0 Å². The molecular weight excluding hydrogens is 411 g/mol. The van der Waals surface area contributed by atoms with Gasteiger partial charge in [0.25, 0.3) is 0 Å². The first-order valence-electron chi connectivity index (χ1n) is 8.13. The lowest BCUT2D eigenvalue weighted by atomic mass is 10.1. The van der Waals surface area contributed by atoms with Crippen LogP contribution in [0.4, 0.5) is 5.69 Å². The Labute approximate surface area is 167 Å². The molecule has 0 radical (unpaired) electrons. The van der Waals surface area contributed by atoms with Crippen LogP contribution in [0, 0.1) is 0 Å². The number of sulfone groups is 1. The lowest BCUT2D eigenvalue weighted by Crippen LogP contribution is -2.39. The van der Waals surface area contributed by atoms with Crippen LogP contribution in [0.15, 0.2) is 53.5 Å². The second kappa shape index (κ2) is 7.08. The maximum absolute atomic E-state index is 12.1. The molecule has 0 aliphatic carbocycles. The Kier molecular flexibility index (Phi) is 4.94. The average molecular weight is 427 g/mol. The number of para-hydroxylation sites is 1. The fraction of sp³-hybridized carbons (Fsp3) is 0.278. The molecule has 0 N–H and O–H groups in total. The Morgan fingerprint density at radius 1 is 1.04 bits per heavy atom. The van der Waals surface area contributed by atoms with Gasteiger partial charge in [0, 0.05) is 21.5 Å². The summed E-state index contributed by atoms with van der Waals surface area (Å²) in [4.78, 5) is 6.76. The van der Waals surface area contributed by atoms with Gasteiger partial charge in [-0.1, -0.05) is 59.2 Å².